The van der Waals surface area contributed by atoms with Gasteiger partial charge in [0.1, 0.15) is 5.82 Å². The second kappa shape index (κ2) is 5.11. The first-order chi connectivity index (χ1) is 13.9. The molecule has 28 heavy (non-hydrogen) atoms. The van der Waals surface area contributed by atoms with Crippen molar-refractivity contribution in [2.24, 2.45) is 0 Å². The standard InChI is InChI=1S/C26H18N2/c1-2-9-22-16(5-1)11-20-15-24-21(14-23(20)22)13-18-7-3-6-17-12-19-8-4-10-27-26(19)28(24)25(17)18/h1-10,14-15H,11-13H2. The summed E-state index contributed by atoms with van der Waals surface area (Å²) >= 11 is 0. The van der Waals surface area contributed by atoms with Crippen LogP contribution in [0.1, 0.15) is 33.4 Å². The lowest BCUT2D eigenvalue weighted by Gasteiger charge is -2.38. The summed E-state index contributed by atoms with van der Waals surface area (Å²) in [5, 5.41) is 0. The third-order valence-corrected chi connectivity index (χ3v) is 6.50. The van der Waals surface area contributed by atoms with Gasteiger partial charge >= 0.3 is 0 Å². The summed E-state index contributed by atoms with van der Waals surface area (Å²) in [6.07, 6.45) is 4.90. The molecule has 1 aliphatic carbocycles. The van der Waals surface area contributed by atoms with Crippen molar-refractivity contribution in [3.63, 3.8) is 0 Å². The van der Waals surface area contributed by atoms with Crippen molar-refractivity contribution in [1.29, 1.82) is 0 Å². The van der Waals surface area contributed by atoms with Gasteiger partial charge in [0, 0.05) is 19.0 Å². The zero-order valence-electron chi connectivity index (χ0n) is 15.4. The lowest BCUT2D eigenvalue weighted by atomic mass is 9.86. The highest BCUT2D eigenvalue weighted by Gasteiger charge is 2.33. The summed E-state index contributed by atoms with van der Waals surface area (Å²) in [5.41, 5.74) is 13.9. The molecule has 0 bridgehead atoms. The maximum Gasteiger partial charge on any atom is 0.141 e. The quantitative estimate of drug-likeness (QED) is 0.334. The Morgan fingerprint density at radius 1 is 0.607 bits per heavy atom. The van der Waals surface area contributed by atoms with Crippen molar-refractivity contribution in [3.05, 3.63) is 106 Å². The first-order valence-electron chi connectivity index (χ1n) is 9.96. The number of rotatable bonds is 0. The summed E-state index contributed by atoms with van der Waals surface area (Å²) in [6.45, 7) is 0. The van der Waals surface area contributed by atoms with Crippen molar-refractivity contribution >= 4 is 17.2 Å². The Morgan fingerprint density at radius 2 is 1.36 bits per heavy atom. The molecule has 7 rings (SSSR count). The number of benzene rings is 3. The van der Waals surface area contributed by atoms with Crippen molar-refractivity contribution in [1.82, 2.24) is 4.98 Å². The number of anilines is 3. The Morgan fingerprint density at radius 3 is 2.29 bits per heavy atom. The Bertz CT molecular complexity index is 1300. The van der Waals surface area contributed by atoms with Crippen LogP contribution in [-0.4, -0.2) is 4.98 Å². The predicted molar refractivity (Wildman–Crippen MR) is 113 cm³/mol. The Kier molecular flexibility index (Phi) is 2.67. The van der Waals surface area contributed by atoms with Crippen LogP contribution in [0.25, 0.3) is 11.1 Å². The molecule has 132 valence electrons. The van der Waals surface area contributed by atoms with Gasteiger partial charge in [-0.15, -0.1) is 0 Å². The van der Waals surface area contributed by atoms with E-state index >= 15 is 0 Å². The van der Waals surface area contributed by atoms with Gasteiger partial charge in [-0.25, -0.2) is 4.98 Å². The van der Waals surface area contributed by atoms with Gasteiger partial charge in [0.25, 0.3) is 0 Å². The maximum atomic E-state index is 4.80. The molecular weight excluding hydrogens is 340 g/mol. The van der Waals surface area contributed by atoms with Crippen LogP contribution in [0, 0.1) is 0 Å². The normalized spacial score (nSPS) is 14.6. The Labute approximate surface area is 164 Å². The van der Waals surface area contributed by atoms with Gasteiger partial charge in [-0.3, -0.25) is 4.90 Å². The van der Waals surface area contributed by atoms with Gasteiger partial charge in [0.05, 0.1) is 11.4 Å². The first kappa shape index (κ1) is 14.6. The van der Waals surface area contributed by atoms with Crippen LogP contribution in [0.5, 0.6) is 0 Å². The molecule has 3 aliphatic rings. The number of fused-ring (bicyclic) bond motifs is 7. The van der Waals surface area contributed by atoms with Gasteiger partial charge in [0.2, 0.25) is 0 Å². The molecule has 0 saturated carbocycles. The number of nitrogens with zero attached hydrogens (tertiary/aromatic N) is 2. The molecule has 3 heterocycles. The molecule has 0 amide bonds. The van der Waals surface area contributed by atoms with E-state index in [1.807, 2.05) is 6.20 Å². The minimum absolute atomic E-state index is 0.967. The van der Waals surface area contributed by atoms with E-state index in [4.69, 9.17) is 4.98 Å². The minimum Gasteiger partial charge on any atom is -0.294 e. The number of para-hydroxylation sites is 1. The Balaban J connectivity index is 1.51. The van der Waals surface area contributed by atoms with E-state index in [0.717, 1.165) is 25.1 Å². The van der Waals surface area contributed by atoms with Gasteiger partial charge in [-0.2, -0.15) is 0 Å². The minimum atomic E-state index is 0.967. The molecule has 0 atom stereocenters. The summed E-state index contributed by atoms with van der Waals surface area (Å²) in [5.74, 6) is 1.10. The van der Waals surface area contributed by atoms with Crippen molar-refractivity contribution in [2.45, 2.75) is 19.3 Å². The summed E-state index contributed by atoms with van der Waals surface area (Å²) in [7, 11) is 0. The lowest BCUT2D eigenvalue weighted by molar-refractivity contribution is 0.980. The van der Waals surface area contributed by atoms with E-state index in [-0.39, 0.29) is 0 Å². The average molecular weight is 358 g/mol. The zero-order valence-corrected chi connectivity index (χ0v) is 15.4. The third kappa shape index (κ3) is 1.80. The maximum absolute atomic E-state index is 4.80. The fourth-order valence-electron chi connectivity index (χ4n) is 5.30. The number of pyridine rings is 1. The molecule has 0 fully saturated rings. The SMILES string of the molecule is c1ccc2c(c1)Cc1cc3c(cc1-2)Cc1cccc2c1N3c1ncccc1C2. The van der Waals surface area contributed by atoms with Crippen molar-refractivity contribution in [3.8, 4) is 11.1 Å². The van der Waals surface area contributed by atoms with Crippen LogP contribution in [-0.2, 0) is 19.3 Å². The van der Waals surface area contributed by atoms with Crippen LogP contribution in [0.2, 0.25) is 0 Å². The Hall–Kier alpha value is -3.39. The zero-order chi connectivity index (χ0) is 18.2. The lowest BCUT2D eigenvalue weighted by Crippen LogP contribution is -2.25. The van der Waals surface area contributed by atoms with Crippen molar-refractivity contribution in [2.75, 3.05) is 4.90 Å². The molecule has 0 N–H and O–H groups in total. The van der Waals surface area contributed by atoms with Crippen LogP contribution in [0.15, 0.2) is 72.9 Å². The summed E-state index contributed by atoms with van der Waals surface area (Å²) in [6, 6.07) is 24.7. The van der Waals surface area contributed by atoms with E-state index < -0.39 is 0 Å². The van der Waals surface area contributed by atoms with Gasteiger partial charge in [0.15, 0.2) is 0 Å². The summed E-state index contributed by atoms with van der Waals surface area (Å²) < 4.78 is 0. The predicted octanol–water partition coefficient (Wildman–Crippen LogP) is 5.93. The highest BCUT2D eigenvalue weighted by atomic mass is 15.2. The monoisotopic (exact) mass is 358 g/mol. The smallest absolute Gasteiger partial charge is 0.141 e. The van der Waals surface area contributed by atoms with Crippen LogP contribution >= 0.6 is 0 Å². The van der Waals surface area contributed by atoms with E-state index in [2.05, 4.69) is 71.6 Å². The molecule has 0 saturated heterocycles. The molecule has 3 aromatic carbocycles. The molecule has 2 nitrogen and oxygen atoms in total. The van der Waals surface area contributed by atoms with Crippen LogP contribution in [0.3, 0.4) is 0 Å². The van der Waals surface area contributed by atoms with E-state index in [1.165, 1.54) is 55.9 Å². The molecule has 0 spiro atoms. The number of hydrogen-bond acceptors (Lipinski definition) is 2. The summed E-state index contributed by atoms with van der Waals surface area (Å²) in [4.78, 5) is 7.23. The molecule has 1 aromatic heterocycles. The topological polar surface area (TPSA) is 16.1 Å². The number of hydrogen-bond donors (Lipinski definition) is 0. The molecule has 0 radical (unpaired) electrons. The molecule has 0 unspecified atom stereocenters. The number of aromatic nitrogens is 1. The van der Waals surface area contributed by atoms with Gasteiger partial charge in [-0.05, 0) is 69.1 Å². The largest absolute Gasteiger partial charge is 0.294 e. The second-order valence-electron chi connectivity index (χ2n) is 8.07. The van der Waals surface area contributed by atoms with E-state index in [1.54, 1.807) is 0 Å². The fraction of sp³-hybridized carbons (Fsp3) is 0.115. The molecular formula is C26H18N2. The highest BCUT2D eigenvalue weighted by Crippen LogP contribution is 2.51. The molecule has 2 aliphatic heterocycles. The third-order valence-electron chi connectivity index (χ3n) is 6.50. The second-order valence-corrected chi connectivity index (χ2v) is 8.07. The van der Waals surface area contributed by atoms with Crippen LogP contribution in [0.4, 0.5) is 17.2 Å². The van der Waals surface area contributed by atoms with Gasteiger partial charge < -0.3 is 0 Å². The van der Waals surface area contributed by atoms with Gasteiger partial charge in [-0.1, -0.05) is 48.5 Å². The molecule has 4 aromatic rings. The first-order valence-corrected chi connectivity index (χ1v) is 9.96. The van der Waals surface area contributed by atoms with Crippen LogP contribution < -0.4 is 4.90 Å². The average Bonchev–Trinajstić information content (AvgIpc) is 3.09. The van der Waals surface area contributed by atoms with Crippen molar-refractivity contribution < 1.29 is 0 Å². The van der Waals surface area contributed by atoms with E-state index in [0.29, 0.717) is 0 Å². The molecule has 2 heteroatoms. The van der Waals surface area contributed by atoms with E-state index in [9.17, 15) is 0 Å². The highest BCUT2D eigenvalue weighted by molar-refractivity contribution is 5.90. The fourth-order valence-corrected chi connectivity index (χ4v) is 5.30.